The van der Waals surface area contributed by atoms with E-state index in [4.69, 9.17) is 5.73 Å². The van der Waals surface area contributed by atoms with Crippen LogP contribution in [0.2, 0.25) is 0 Å². The number of aromatic nitrogens is 1. The third-order valence-electron chi connectivity index (χ3n) is 2.46. The molecule has 0 unspecified atom stereocenters. The molecule has 0 aromatic carbocycles. The molecule has 1 fully saturated rings. The summed E-state index contributed by atoms with van der Waals surface area (Å²) in [4.78, 5) is 14.4. The number of hydrogen-bond donors (Lipinski definition) is 2. The van der Waals surface area contributed by atoms with Gasteiger partial charge in [0.15, 0.2) is 5.82 Å². The van der Waals surface area contributed by atoms with Crippen molar-refractivity contribution in [3.05, 3.63) is 0 Å². The van der Waals surface area contributed by atoms with Gasteiger partial charge in [-0.25, -0.2) is 0 Å². The van der Waals surface area contributed by atoms with Gasteiger partial charge in [-0.2, -0.15) is 4.37 Å². The number of nitrogens with zero attached hydrogens (tertiary/aromatic N) is 2. The molecule has 1 aliphatic heterocycles. The van der Waals surface area contributed by atoms with E-state index in [9.17, 15) is 4.79 Å². The largest absolute Gasteiger partial charge is 0.382 e. The molecule has 88 valence electrons. The maximum absolute atomic E-state index is 11.2. The molecular formula is C9H14N4OS2. The smallest absolute Gasteiger partial charge is 0.221 e. The fraction of sp³-hybridized carbons (Fsp3) is 0.556. The van der Waals surface area contributed by atoms with E-state index in [1.54, 1.807) is 11.8 Å². The lowest BCUT2D eigenvalue weighted by Gasteiger charge is -2.20. The molecular weight excluding hydrogens is 244 g/mol. The first-order valence-electron chi connectivity index (χ1n) is 5.03. The van der Waals surface area contributed by atoms with E-state index in [0.29, 0.717) is 18.8 Å². The molecule has 0 saturated carbocycles. The minimum Gasteiger partial charge on any atom is -0.382 e. The van der Waals surface area contributed by atoms with Gasteiger partial charge < -0.3 is 16.0 Å². The fourth-order valence-corrected chi connectivity index (χ4v) is 3.39. The highest BCUT2D eigenvalue weighted by Gasteiger charge is 2.20. The van der Waals surface area contributed by atoms with Gasteiger partial charge in [-0.3, -0.25) is 4.79 Å². The normalized spacial score (nSPS) is 17.1. The number of hydrogen-bond acceptors (Lipinski definition) is 6. The van der Waals surface area contributed by atoms with Crippen molar-refractivity contribution >= 4 is 40.0 Å². The van der Waals surface area contributed by atoms with Crippen LogP contribution in [0.4, 0.5) is 10.8 Å². The van der Waals surface area contributed by atoms with Crippen LogP contribution in [0.3, 0.4) is 0 Å². The molecule has 1 aromatic rings. The standard InChI is InChI=1S/C9H14N4OS2/c1-15-7-8(10)12-16-9(7)13-4-2-6(14)11-3-5-13/h2-5H2,1H3,(H2,10,12)(H,11,14). The van der Waals surface area contributed by atoms with E-state index < -0.39 is 0 Å². The molecule has 7 heteroatoms. The van der Waals surface area contributed by atoms with Gasteiger partial charge in [0.05, 0.1) is 4.90 Å². The van der Waals surface area contributed by atoms with Gasteiger partial charge in [-0.15, -0.1) is 11.8 Å². The van der Waals surface area contributed by atoms with Crippen molar-refractivity contribution in [2.75, 3.05) is 36.5 Å². The molecule has 0 spiro atoms. The second-order valence-electron chi connectivity index (χ2n) is 3.49. The zero-order valence-corrected chi connectivity index (χ0v) is 10.7. The summed E-state index contributed by atoms with van der Waals surface area (Å²) in [6, 6.07) is 0. The summed E-state index contributed by atoms with van der Waals surface area (Å²) in [7, 11) is 0. The van der Waals surface area contributed by atoms with E-state index in [-0.39, 0.29) is 5.91 Å². The van der Waals surface area contributed by atoms with Crippen molar-refractivity contribution in [1.29, 1.82) is 0 Å². The summed E-state index contributed by atoms with van der Waals surface area (Å²) >= 11 is 3.01. The number of carbonyl (C=O) groups is 1. The van der Waals surface area contributed by atoms with Crippen LogP contribution in [-0.2, 0) is 4.79 Å². The van der Waals surface area contributed by atoms with Gasteiger partial charge in [0.25, 0.3) is 0 Å². The van der Waals surface area contributed by atoms with Crippen molar-refractivity contribution in [1.82, 2.24) is 9.69 Å². The van der Waals surface area contributed by atoms with Crippen LogP contribution >= 0.6 is 23.3 Å². The molecule has 0 radical (unpaired) electrons. The van der Waals surface area contributed by atoms with E-state index in [1.165, 1.54) is 11.5 Å². The number of rotatable bonds is 2. The van der Waals surface area contributed by atoms with Crippen LogP contribution in [0.15, 0.2) is 4.90 Å². The lowest BCUT2D eigenvalue weighted by Crippen LogP contribution is -2.28. The third kappa shape index (κ3) is 2.25. The Kier molecular flexibility index (Phi) is 3.55. The van der Waals surface area contributed by atoms with Crippen molar-refractivity contribution in [2.24, 2.45) is 0 Å². The molecule has 16 heavy (non-hydrogen) atoms. The topological polar surface area (TPSA) is 71.2 Å². The summed E-state index contributed by atoms with van der Waals surface area (Å²) in [6.45, 7) is 2.24. The number of nitrogen functional groups attached to an aromatic ring is 1. The number of thioether (sulfide) groups is 1. The number of nitrogens with two attached hydrogens (primary N) is 1. The summed E-state index contributed by atoms with van der Waals surface area (Å²) in [6.07, 6.45) is 2.52. The predicted molar refractivity (Wildman–Crippen MR) is 68.1 cm³/mol. The lowest BCUT2D eigenvalue weighted by atomic mass is 10.4. The summed E-state index contributed by atoms with van der Waals surface area (Å²) in [5.74, 6) is 0.710. The molecule has 0 bridgehead atoms. The SMILES string of the molecule is CSc1c(N)nsc1N1CCNC(=O)CC1. The maximum Gasteiger partial charge on any atom is 0.221 e. The predicted octanol–water partition coefficient (Wildman–Crippen LogP) is 0.773. The molecule has 1 saturated heterocycles. The molecule has 1 aliphatic rings. The Bertz CT molecular complexity index is 393. The molecule has 2 heterocycles. The van der Waals surface area contributed by atoms with Crippen molar-refractivity contribution < 1.29 is 4.79 Å². The third-order valence-corrected chi connectivity index (χ3v) is 4.32. The molecule has 0 aliphatic carbocycles. The highest BCUT2D eigenvalue weighted by molar-refractivity contribution is 7.99. The van der Waals surface area contributed by atoms with Gasteiger partial charge in [0, 0.05) is 26.1 Å². The van der Waals surface area contributed by atoms with Crippen LogP contribution in [0.1, 0.15) is 6.42 Å². The second-order valence-corrected chi connectivity index (χ2v) is 5.06. The van der Waals surface area contributed by atoms with E-state index in [0.717, 1.165) is 23.0 Å². The van der Waals surface area contributed by atoms with Crippen LogP contribution in [0.5, 0.6) is 0 Å². The Morgan fingerprint density at radius 1 is 1.56 bits per heavy atom. The Morgan fingerprint density at radius 2 is 2.38 bits per heavy atom. The fourth-order valence-electron chi connectivity index (χ4n) is 1.65. The second kappa shape index (κ2) is 4.92. The van der Waals surface area contributed by atoms with E-state index in [2.05, 4.69) is 14.6 Å². The molecule has 1 aromatic heterocycles. The van der Waals surface area contributed by atoms with Gasteiger partial charge >= 0.3 is 0 Å². The minimum atomic E-state index is 0.116. The quantitative estimate of drug-likeness (QED) is 0.767. The number of anilines is 2. The molecule has 3 N–H and O–H groups in total. The zero-order valence-electron chi connectivity index (χ0n) is 9.02. The average molecular weight is 258 g/mol. The highest BCUT2D eigenvalue weighted by Crippen LogP contribution is 2.37. The van der Waals surface area contributed by atoms with Crippen LogP contribution in [0.25, 0.3) is 0 Å². The first-order chi connectivity index (χ1) is 7.72. The summed E-state index contributed by atoms with van der Waals surface area (Å²) in [5, 5.41) is 3.94. The first kappa shape index (κ1) is 11.5. The summed E-state index contributed by atoms with van der Waals surface area (Å²) < 4.78 is 4.16. The Labute approximate surface area is 103 Å². The lowest BCUT2D eigenvalue weighted by molar-refractivity contribution is -0.120. The Hall–Kier alpha value is -0.950. The maximum atomic E-state index is 11.2. The van der Waals surface area contributed by atoms with Crippen LogP contribution < -0.4 is 16.0 Å². The van der Waals surface area contributed by atoms with E-state index >= 15 is 0 Å². The van der Waals surface area contributed by atoms with Crippen molar-refractivity contribution in [3.8, 4) is 0 Å². The minimum absolute atomic E-state index is 0.116. The number of amides is 1. The van der Waals surface area contributed by atoms with Gasteiger partial charge in [-0.1, -0.05) is 0 Å². The number of nitrogens with one attached hydrogen (secondary N) is 1. The molecule has 5 nitrogen and oxygen atoms in total. The van der Waals surface area contributed by atoms with Gasteiger partial charge in [0.2, 0.25) is 5.91 Å². The Morgan fingerprint density at radius 3 is 3.12 bits per heavy atom. The average Bonchev–Trinajstić information content (AvgIpc) is 2.50. The van der Waals surface area contributed by atoms with Gasteiger partial charge in [0.1, 0.15) is 5.00 Å². The van der Waals surface area contributed by atoms with E-state index in [1.807, 2.05) is 6.26 Å². The molecule has 2 rings (SSSR count). The zero-order chi connectivity index (χ0) is 11.5. The Balaban J connectivity index is 2.19. The first-order valence-corrected chi connectivity index (χ1v) is 7.03. The van der Waals surface area contributed by atoms with Crippen molar-refractivity contribution in [2.45, 2.75) is 11.3 Å². The molecule has 0 atom stereocenters. The molecule has 1 amide bonds. The van der Waals surface area contributed by atoms with Crippen molar-refractivity contribution in [3.63, 3.8) is 0 Å². The van der Waals surface area contributed by atoms with Gasteiger partial charge in [-0.05, 0) is 17.8 Å². The monoisotopic (exact) mass is 258 g/mol. The summed E-state index contributed by atoms with van der Waals surface area (Å²) in [5.41, 5.74) is 5.79. The van der Waals surface area contributed by atoms with Crippen LogP contribution in [0, 0.1) is 0 Å². The highest BCUT2D eigenvalue weighted by atomic mass is 32.2. The number of carbonyl (C=O) groups excluding carboxylic acids is 1. The van der Waals surface area contributed by atoms with Crippen LogP contribution in [-0.4, -0.2) is 36.2 Å².